The van der Waals surface area contributed by atoms with E-state index in [4.69, 9.17) is 5.26 Å². The third kappa shape index (κ3) is 1.48. The van der Waals surface area contributed by atoms with E-state index in [9.17, 15) is 0 Å². The molecule has 1 rings (SSSR count). The second-order valence-electron chi connectivity index (χ2n) is 3.17. The first-order valence-electron chi connectivity index (χ1n) is 3.89. The fourth-order valence-electron chi connectivity index (χ4n) is 1.50. The molecule has 1 N–H and O–H groups in total. The summed E-state index contributed by atoms with van der Waals surface area (Å²) in [5, 5.41) is 12.0. The van der Waals surface area contributed by atoms with Crippen LogP contribution in [0, 0.1) is 17.2 Å². The van der Waals surface area contributed by atoms with Crippen molar-refractivity contribution in [2.45, 2.75) is 38.8 Å². The van der Waals surface area contributed by atoms with Gasteiger partial charge in [-0.15, -0.1) is 0 Å². The average molecular weight is 138 g/mol. The number of hydrogen-bond donors (Lipinski definition) is 1. The van der Waals surface area contributed by atoms with Crippen LogP contribution in [-0.2, 0) is 0 Å². The maximum Gasteiger partial charge on any atom is 0.0672 e. The maximum absolute atomic E-state index is 8.66. The molecular formula is C8H14N2. The van der Waals surface area contributed by atoms with E-state index in [1.807, 2.05) is 0 Å². The molecule has 0 saturated carbocycles. The van der Waals surface area contributed by atoms with Crippen LogP contribution in [0.2, 0.25) is 0 Å². The summed E-state index contributed by atoms with van der Waals surface area (Å²) in [4.78, 5) is 0. The second kappa shape index (κ2) is 3.03. The SMILES string of the molecule is CC1CCC(C#N)C(C)N1. The molecule has 0 aromatic carbocycles. The van der Waals surface area contributed by atoms with Crippen LogP contribution < -0.4 is 5.32 Å². The lowest BCUT2D eigenvalue weighted by Gasteiger charge is -2.29. The van der Waals surface area contributed by atoms with Gasteiger partial charge in [0.15, 0.2) is 0 Å². The highest BCUT2D eigenvalue weighted by atomic mass is 15.0. The predicted octanol–water partition coefficient (Wildman–Crippen LogP) is 1.29. The molecule has 1 aliphatic rings. The molecule has 0 aliphatic carbocycles. The molecule has 10 heavy (non-hydrogen) atoms. The Balaban J connectivity index is 2.45. The Kier molecular flexibility index (Phi) is 2.29. The maximum atomic E-state index is 8.66. The normalized spacial score (nSPS) is 40.7. The van der Waals surface area contributed by atoms with Gasteiger partial charge in [-0.25, -0.2) is 0 Å². The zero-order valence-electron chi connectivity index (χ0n) is 6.59. The number of rotatable bonds is 0. The molecule has 2 nitrogen and oxygen atoms in total. The quantitative estimate of drug-likeness (QED) is 0.547. The number of nitriles is 1. The molecule has 0 radical (unpaired) electrons. The first kappa shape index (κ1) is 7.56. The van der Waals surface area contributed by atoms with Crippen LogP contribution in [0.1, 0.15) is 26.7 Å². The van der Waals surface area contributed by atoms with Gasteiger partial charge in [-0.05, 0) is 26.7 Å². The summed E-state index contributed by atoms with van der Waals surface area (Å²) in [6.07, 6.45) is 2.20. The van der Waals surface area contributed by atoms with Crippen molar-refractivity contribution in [3.05, 3.63) is 0 Å². The lowest BCUT2D eigenvalue weighted by molar-refractivity contribution is 0.298. The Morgan fingerprint density at radius 2 is 2.10 bits per heavy atom. The largest absolute Gasteiger partial charge is 0.310 e. The summed E-state index contributed by atoms with van der Waals surface area (Å²) in [5.74, 6) is 0.233. The van der Waals surface area contributed by atoms with Crippen molar-refractivity contribution in [1.29, 1.82) is 5.26 Å². The minimum atomic E-state index is 0.233. The Morgan fingerprint density at radius 3 is 2.60 bits per heavy atom. The first-order chi connectivity index (χ1) is 4.74. The fraction of sp³-hybridized carbons (Fsp3) is 0.875. The van der Waals surface area contributed by atoms with Crippen molar-refractivity contribution in [3.63, 3.8) is 0 Å². The van der Waals surface area contributed by atoms with Gasteiger partial charge in [0.25, 0.3) is 0 Å². The van der Waals surface area contributed by atoms with Gasteiger partial charge in [0, 0.05) is 12.1 Å². The number of piperidine rings is 1. The van der Waals surface area contributed by atoms with Crippen LogP contribution >= 0.6 is 0 Å². The van der Waals surface area contributed by atoms with E-state index in [-0.39, 0.29) is 5.92 Å². The number of hydrogen-bond acceptors (Lipinski definition) is 2. The summed E-state index contributed by atoms with van der Waals surface area (Å²) in [6, 6.07) is 3.29. The van der Waals surface area contributed by atoms with Crippen LogP contribution in [-0.4, -0.2) is 12.1 Å². The van der Waals surface area contributed by atoms with E-state index in [2.05, 4.69) is 25.2 Å². The molecule has 1 heterocycles. The van der Waals surface area contributed by atoms with Gasteiger partial charge in [-0.1, -0.05) is 0 Å². The Bertz CT molecular complexity index is 148. The average Bonchev–Trinajstić information content (AvgIpc) is 1.88. The third-order valence-electron chi connectivity index (χ3n) is 2.23. The molecule has 0 aromatic rings. The summed E-state index contributed by atoms with van der Waals surface area (Å²) >= 11 is 0. The minimum Gasteiger partial charge on any atom is -0.310 e. The van der Waals surface area contributed by atoms with E-state index >= 15 is 0 Å². The standard InChI is InChI=1S/C8H14N2/c1-6-3-4-8(5-9)7(2)10-6/h6-8,10H,3-4H2,1-2H3. The van der Waals surface area contributed by atoms with Gasteiger partial charge in [0.05, 0.1) is 12.0 Å². The second-order valence-corrected chi connectivity index (χ2v) is 3.17. The first-order valence-corrected chi connectivity index (χ1v) is 3.89. The molecule has 1 aliphatic heterocycles. The molecule has 2 heteroatoms. The van der Waals surface area contributed by atoms with Gasteiger partial charge in [0.2, 0.25) is 0 Å². The molecule has 3 atom stereocenters. The molecule has 3 unspecified atom stereocenters. The Hall–Kier alpha value is -0.550. The van der Waals surface area contributed by atoms with Crippen LogP contribution in [0.3, 0.4) is 0 Å². The molecule has 0 aromatic heterocycles. The van der Waals surface area contributed by atoms with Crippen molar-refractivity contribution in [3.8, 4) is 6.07 Å². The van der Waals surface area contributed by atoms with Crippen LogP contribution in [0.15, 0.2) is 0 Å². The summed E-state index contributed by atoms with van der Waals surface area (Å²) in [5.41, 5.74) is 0. The zero-order chi connectivity index (χ0) is 7.56. The fourth-order valence-corrected chi connectivity index (χ4v) is 1.50. The molecule has 0 amide bonds. The van der Waals surface area contributed by atoms with Gasteiger partial charge >= 0.3 is 0 Å². The van der Waals surface area contributed by atoms with Crippen molar-refractivity contribution in [2.75, 3.05) is 0 Å². The monoisotopic (exact) mass is 138 g/mol. The van der Waals surface area contributed by atoms with E-state index in [1.54, 1.807) is 0 Å². The zero-order valence-corrected chi connectivity index (χ0v) is 6.59. The molecule has 0 spiro atoms. The number of nitrogens with one attached hydrogen (secondary N) is 1. The molecule has 56 valence electrons. The molecule has 1 saturated heterocycles. The molecular weight excluding hydrogens is 124 g/mol. The van der Waals surface area contributed by atoms with E-state index in [1.165, 1.54) is 0 Å². The highest BCUT2D eigenvalue weighted by molar-refractivity contribution is 4.94. The van der Waals surface area contributed by atoms with E-state index < -0.39 is 0 Å². The Morgan fingerprint density at radius 1 is 1.40 bits per heavy atom. The predicted molar refractivity (Wildman–Crippen MR) is 40.4 cm³/mol. The third-order valence-corrected chi connectivity index (χ3v) is 2.23. The van der Waals surface area contributed by atoms with Crippen molar-refractivity contribution in [1.82, 2.24) is 5.32 Å². The van der Waals surface area contributed by atoms with Gasteiger partial charge in [-0.2, -0.15) is 5.26 Å². The van der Waals surface area contributed by atoms with Gasteiger partial charge < -0.3 is 5.32 Å². The summed E-state index contributed by atoms with van der Waals surface area (Å²) in [7, 11) is 0. The van der Waals surface area contributed by atoms with Crippen LogP contribution in [0.4, 0.5) is 0 Å². The van der Waals surface area contributed by atoms with E-state index in [0.29, 0.717) is 12.1 Å². The van der Waals surface area contributed by atoms with Crippen LogP contribution in [0.5, 0.6) is 0 Å². The van der Waals surface area contributed by atoms with Crippen molar-refractivity contribution < 1.29 is 0 Å². The lowest BCUT2D eigenvalue weighted by atomic mass is 9.90. The smallest absolute Gasteiger partial charge is 0.0672 e. The van der Waals surface area contributed by atoms with Gasteiger partial charge in [0.1, 0.15) is 0 Å². The summed E-state index contributed by atoms with van der Waals surface area (Å²) in [6.45, 7) is 4.26. The topological polar surface area (TPSA) is 35.8 Å². The van der Waals surface area contributed by atoms with Crippen molar-refractivity contribution in [2.24, 2.45) is 5.92 Å². The summed E-state index contributed by atoms with van der Waals surface area (Å²) < 4.78 is 0. The Labute approximate surface area is 62.2 Å². The highest BCUT2D eigenvalue weighted by Gasteiger charge is 2.23. The number of nitrogens with zero attached hydrogens (tertiary/aromatic N) is 1. The highest BCUT2D eigenvalue weighted by Crippen LogP contribution is 2.18. The minimum absolute atomic E-state index is 0.233. The molecule has 0 bridgehead atoms. The van der Waals surface area contributed by atoms with Crippen LogP contribution in [0.25, 0.3) is 0 Å². The van der Waals surface area contributed by atoms with Crippen molar-refractivity contribution >= 4 is 0 Å². The van der Waals surface area contributed by atoms with Gasteiger partial charge in [-0.3, -0.25) is 0 Å². The molecule has 1 fully saturated rings. The van der Waals surface area contributed by atoms with E-state index in [0.717, 1.165) is 12.8 Å². The lowest BCUT2D eigenvalue weighted by Crippen LogP contribution is -2.43.